The van der Waals surface area contributed by atoms with E-state index in [0.717, 1.165) is 15.5 Å². The van der Waals surface area contributed by atoms with E-state index in [9.17, 15) is 0 Å². The predicted molar refractivity (Wildman–Crippen MR) is 239 cm³/mol. The van der Waals surface area contributed by atoms with Crippen LogP contribution in [0.15, 0.2) is 40.0 Å². The zero-order chi connectivity index (χ0) is 36.5. The zero-order valence-electron chi connectivity index (χ0n) is 34.9. The van der Waals surface area contributed by atoms with Crippen molar-refractivity contribution in [2.45, 2.75) is 154 Å². The molecule has 0 amide bonds. The summed E-state index contributed by atoms with van der Waals surface area (Å²) in [5.74, 6) is 0. The van der Waals surface area contributed by atoms with E-state index in [4.69, 9.17) is 0 Å². The SMILES string of the molecule is CC(C)(C)[C]1=Cc2ccccc2[CH]=[Sn]1[c]1c(C([Si](C)(C)C)[Si](C)(C)C)cc(C([Si](C)(C)C)[Si](C)(C)C)cc1C([Si](C)(C)C)[Si](C)(C)C. The molecule has 0 nitrogen and oxygen atoms in total. The minimum absolute atomic E-state index is 0.160. The molecular weight excluding hydrogens is 768 g/mol. The van der Waals surface area contributed by atoms with Gasteiger partial charge in [-0.3, -0.25) is 0 Å². The summed E-state index contributed by atoms with van der Waals surface area (Å²) < 4.78 is 6.66. The summed E-state index contributed by atoms with van der Waals surface area (Å²) in [7, 11) is -9.38. The number of hydrogen-bond donors (Lipinski definition) is 0. The Hall–Kier alpha value is 0.150. The van der Waals surface area contributed by atoms with Gasteiger partial charge in [-0.05, 0) is 0 Å². The van der Waals surface area contributed by atoms with Crippen LogP contribution in [0, 0.1) is 5.41 Å². The van der Waals surface area contributed by atoms with E-state index < -0.39 is 67.7 Å². The van der Waals surface area contributed by atoms with Crippen LogP contribution in [0.1, 0.15) is 64.1 Å². The van der Waals surface area contributed by atoms with E-state index in [-0.39, 0.29) is 5.41 Å². The molecule has 0 aliphatic carbocycles. The van der Waals surface area contributed by atoms with Gasteiger partial charge < -0.3 is 0 Å². The van der Waals surface area contributed by atoms with Gasteiger partial charge in [-0.2, -0.15) is 0 Å². The van der Waals surface area contributed by atoms with Gasteiger partial charge in [0.1, 0.15) is 0 Å². The minimum atomic E-state index is -2.58. The Labute approximate surface area is 306 Å². The summed E-state index contributed by atoms with van der Waals surface area (Å²) in [6.45, 7) is 56.2. The van der Waals surface area contributed by atoms with Gasteiger partial charge in [0, 0.05) is 0 Å². The average Bonchev–Trinajstić information content (AvgIpc) is 2.77. The van der Waals surface area contributed by atoms with Gasteiger partial charge in [0.25, 0.3) is 0 Å². The summed E-state index contributed by atoms with van der Waals surface area (Å²) in [6, 6.07) is 15.2. The third kappa shape index (κ3) is 9.53. The van der Waals surface area contributed by atoms with Crippen LogP contribution in [0.25, 0.3) is 6.08 Å². The third-order valence-electron chi connectivity index (χ3n) is 10.3. The van der Waals surface area contributed by atoms with Crippen molar-refractivity contribution in [1.29, 1.82) is 0 Å². The molecule has 0 aromatic heterocycles. The Morgan fingerprint density at radius 1 is 0.489 bits per heavy atom. The molecule has 0 bridgehead atoms. The Bertz CT molecular complexity index is 1420. The fraction of sp³-hybridized carbons (Fsp3) is 0.625. The van der Waals surface area contributed by atoms with Crippen molar-refractivity contribution in [2.75, 3.05) is 0 Å². The van der Waals surface area contributed by atoms with Gasteiger partial charge in [-0.25, -0.2) is 0 Å². The fourth-order valence-corrected chi connectivity index (χ4v) is 59.7. The standard InChI is InChI=1S/C27H59Si6.C13H15.Sn/c1-28(2,3)25(29(4,5)6)22-19-23(26(30(7,8)9)31(10,11)12)21-24(20-22)27(32(13,14)15)33(16,17)18;1-11-7-5-6-8-12(11)9-10-13(2,3)4;/h19-20,25-27H,1-18H3;1,5-9H,2-4H3;. The monoisotopic (exact) mass is 842 g/mol. The molecule has 0 radical (unpaired) electrons. The van der Waals surface area contributed by atoms with Crippen LogP contribution >= 0.6 is 0 Å². The maximum atomic E-state index is 2.94. The summed E-state index contributed by atoms with van der Waals surface area (Å²) >= 11 is -2.58. The molecule has 2 aromatic rings. The molecule has 1 aliphatic rings. The number of fused-ring (bicyclic) bond motifs is 1. The molecule has 0 fully saturated rings. The van der Waals surface area contributed by atoms with E-state index in [0.29, 0.717) is 0 Å². The molecular formula is C40H74Si6Sn. The second-order valence-electron chi connectivity index (χ2n) is 22.6. The van der Waals surface area contributed by atoms with Gasteiger partial charge in [0.2, 0.25) is 0 Å². The van der Waals surface area contributed by atoms with Crippen LogP contribution in [0.4, 0.5) is 0 Å². The molecule has 47 heavy (non-hydrogen) atoms. The topological polar surface area (TPSA) is 0 Å². The van der Waals surface area contributed by atoms with Crippen molar-refractivity contribution in [2.24, 2.45) is 5.41 Å². The Kier molecular flexibility index (Phi) is 12.0. The first-order valence-corrected chi connectivity index (χ1v) is 44.5. The predicted octanol–water partition coefficient (Wildman–Crippen LogP) is 12.3. The molecule has 7 heteroatoms. The molecule has 2 aromatic carbocycles. The molecule has 0 atom stereocenters. The van der Waals surface area contributed by atoms with E-state index >= 15 is 0 Å². The van der Waals surface area contributed by atoms with E-state index in [1.807, 2.05) is 14.7 Å². The number of allylic oxidation sites excluding steroid dienone is 1. The molecule has 1 heterocycles. The molecule has 0 unspecified atom stereocenters. The maximum absolute atomic E-state index is 2.94. The summed E-state index contributed by atoms with van der Waals surface area (Å²) in [5.41, 5.74) is 8.62. The van der Waals surface area contributed by atoms with Crippen LogP contribution in [-0.4, -0.2) is 71.7 Å². The second kappa shape index (κ2) is 13.6. The van der Waals surface area contributed by atoms with Crippen LogP contribution in [-0.2, 0) is 0 Å². The first-order valence-electron chi connectivity index (χ1n) is 18.5. The zero-order valence-corrected chi connectivity index (χ0v) is 43.7. The Balaban J connectivity index is 2.82. The summed E-state index contributed by atoms with van der Waals surface area (Å²) in [5, 5.41) is 2.25. The van der Waals surface area contributed by atoms with Gasteiger partial charge in [-0.1, -0.05) is 0 Å². The summed E-state index contributed by atoms with van der Waals surface area (Å²) in [6.07, 6.45) is 2.69. The second-order valence-corrected chi connectivity index (χ2v) is 62.3. The van der Waals surface area contributed by atoms with Crippen LogP contribution in [0.2, 0.25) is 118 Å². The molecule has 262 valence electrons. The van der Waals surface area contributed by atoms with E-state index in [1.54, 1.807) is 9.15 Å². The molecule has 0 saturated heterocycles. The third-order valence-corrected chi connectivity index (χ3v) is 47.3. The number of rotatable bonds is 10. The van der Waals surface area contributed by atoms with E-state index in [2.05, 4.69) is 185 Å². The van der Waals surface area contributed by atoms with Crippen molar-refractivity contribution in [3.63, 3.8) is 0 Å². The van der Waals surface area contributed by atoms with Gasteiger partial charge in [0.15, 0.2) is 0 Å². The molecule has 0 spiro atoms. The van der Waals surface area contributed by atoms with Crippen LogP contribution < -0.4 is 3.58 Å². The molecule has 1 aliphatic heterocycles. The fourth-order valence-electron chi connectivity index (χ4n) is 10.5. The van der Waals surface area contributed by atoms with Gasteiger partial charge >= 0.3 is 309 Å². The molecule has 3 rings (SSSR count). The normalized spacial score (nSPS) is 15.7. The number of benzene rings is 2. The molecule has 0 N–H and O–H groups in total. The van der Waals surface area contributed by atoms with Crippen molar-refractivity contribution in [1.82, 2.24) is 0 Å². The van der Waals surface area contributed by atoms with E-state index in [1.165, 1.54) is 11.1 Å². The quantitative estimate of drug-likeness (QED) is 0.209. The summed E-state index contributed by atoms with van der Waals surface area (Å²) in [4.78, 5) is 0. The van der Waals surface area contributed by atoms with Crippen LogP contribution in [0.5, 0.6) is 0 Å². The first-order chi connectivity index (χ1) is 20.8. The van der Waals surface area contributed by atoms with Gasteiger partial charge in [0.05, 0.1) is 0 Å². The molecule has 0 saturated carbocycles. The van der Waals surface area contributed by atoms with Gasteiger partial charge in [-0.15, -0.1) is 0 Å². The Morgan fingerprint density at radius 2 is 0.830 bits per heavy atom. The van der Waals surface area contributed by atoms with Crippen molar-refractivity contribution >= 4 is 81.4 Å². The Morgan fingerprint density at radius 3 is 1.15 bits per heavy atom. The van der Waals surface area contributed by atoms with Crippen molar-refractivity contribution < 1.29 is 0 Å². The van der Waals surface area contributed by atoms with Crippen molar-refractivity contribution in [3.8, 4) is 0 Å². The van der Waals surface area contributed by atoms with Crippen molar-refractivity contribution in [3.05, 3.63) is 67.8 Å². The average molecular weight is 842 g/mol. The number of hydrogen-bond acceptors (Lipinski definition) is 0. The first kappa shape index (κ1) is 41.6. The van der Waals surface area contributed by atoms with Crippen LogP contribution in [0.3, 0.4) is 0 Å².